The molecule has 0 radical (unpaired) electrons. The molecule has 9 N–H and O–H groups in total. The van der Waals surface area contributed by atoms with Gasteiger partial charge in [-0.15, -0.1) is 0 Å². The van der Waals surface area contributed by atoms with Crippen LogP contribution in [-0.4, -0.2) is 203 Å². The van der Waals surface area contributed by atoms with Gasteiger partial charge in [-0.25, -0.2) is 52.7 Å². The average Bonchev–Trinajstić information content (AvgIpc) is 3.60. The molecule has 0 saturated carbocycles. The molecule has 0 saturated heterocycles. The Kier molecular flexibility index (Phi) is 72.2. The smallest absolute Gasteiger partial charge is 0.333 e. The van der Waals surface area contributed by atoms with Crippen molar-refractivity contribution in [3.63, 3.8) is 0 Å². The van der Waals surface area contributed by atoms with Crippen molar-refractivity contribution in [3.05, 3.63) is 137 Å². The van der Waals surface area contributed by atoms with Gasteiger partial charge in [0, 0.05) is 75.7 Å². The van der Waals surface area contributed by atoms with E-state index in [1.165, 1.54) is 0 Å². The van der Waals surface area contributed by atoms with E-state index in [4.69, 9.17) is 60.2 Å². The van der Waals surface area contributed by atoms with Crippen LogP contribution >= 0.6 is 0 Å². The van der Waals surface area contributed by atoms with Crippen LogP contribution in [0.15, 0.2) is 137 Å². The molecule has 0 aromatic rings. The third kappa shape index (κ3) is 73.1. The van der Waals surface area contributed by atoms with E-state index in [9.17, 15) is 52.7 Å². The Morgan fingerprint density at radius 3 is 0.782 bits per heavy atom. The van der Waals surface area contributed by atoms with Gasteiger partial charge in [0.05, 0.1) is 39.6 Å². The van der Waals surface area contributed by atoms with Crippen molar-refractivity contribution in [2.24, 2.45) is 10.8 Å². The normalized spacial score (nSPS) is 9.82. The van der Waals surface area contributed by atoms with Crippen molar-refractivity contribution < 1.29 is 137 Å². The maximum Gasteiger partial charge on any atom is 0.333 e. The molecule has 2 atom stereocenters. The zero-order chi connectivity index (χ0) is 70.3. The summed E-state index contributed by atoms with van der Waals surface area (Å²) < 4.78 is 37.5. The van der Waals surface area contributed by atoms with E-state index in [0.29, 0.717) is 35.1 Å². The molecular formula is C59H92O28. The van der Waals surface area contributed by atoms with Crippen molar-refractivity contribution in [1.29, 1.82) is 0 Å². The third-order valence-electron chi connectivity index (χ3n) is 8.75. The highest BCUT2D eigenvalue weighted by atomic mass is 16.6. The fourth-order valence-electron chi connectivity index (χ4n) is 3.06. The van der Waals surface area contributed by atoms with Crippen LogP contribution < -0.4 is 0 Å². The van der Waals surface area contributed by atoms with Crippen LogP contribution in [0.2, 0.25) is 0 Å². The van der Waals surface area contributed by atoms with Gasteiger partial charge in [-0.3, -0.25) is 0 Å². The number of aliphatic carboxylic acids is 3. The number of carboxylic acids is 3. The van der Waals surface area contributed by atoms with Crippen LogP contribution in [-0.2, 0) is 90.6 Å². The van der Waals surface area contributed by atoms with Gasteiger partial charge in [0.2, 0.25) is 0 Å². The molecule has 0 aromatic carbocycles. The Labute approximate surface area is 508 Å². The number of ether oxygens (including phenoxy) is 8. The van der Waals surface area contributed by atoms with Crippen molar-refractivity contribution in [2.45, 2.75) is 80.4 Å². The van der Waals surface area contributed by atoms with Gasteiger partial charge in [0.25, 0.3) is 0 Å². The first kappa shape index (κ1) is 97.2. The van der Waals surface area contributed by atoms with Crippen LogP contribution in [0.3, 0.4) is 0 Å². The Morgan fingerprint density at radius 1 is 0.356 bits per heavy atom. The number of carbonyl (C=O) groups is 11. The summed E-state index contributed by atoms with van der Waals surface area (Å²) in [6.45, 7) is 47.7. The van der Waals surface area contributed by atoms with Gasteiger partial charge >= 0.3 is 65.7 Å². The van der Waals surface area contributed by atoms with E-state index in [2.05, 4.69) is 96.1 Å². The average molecular weight is 1250 g/mol. The number of carbonyl (C=O) groups excluding carboxylic acids is 8. The van der Waals surface area contributed by atoms with Crippen LogP contribution in [0.4, 0.5) is 0 Å². The van der Waals surface area contributed by atoms with Gasteiger partial charge in [0.15, 0.2) is 0 Å². The van der Waals surface area contributed by atoms with Crippen LogP contribution in [0.25, 0.3) is 0 Å². The van der Waals surface area contributed by atoms with E-state index in [1.54, 1.807) is 41.5 Å². The first-order chi connectivity index (χ1) is 40.4. The summed E-state index contributed by atoms with van der Waals surface area (Å²) in [5.41, 5.74) is -0.0750. The number of hydrogen-bond donors (Lipinski definition) is 9. The minimum Gasteiger partial charge on any atom is -0.478 e. The fraction of sp³-hybridized carbons (Fsp3) is 0.441. The summed E-state index contributed by atoms with van der Waals surface area (Å²) >= 11 is 0. The second kappa shape index (κ2) is 64.6. The van der Waals surface area contributed by atoms with Gasteiger partial charge in [-0.1, -0.05) is 86.2 Å². The molecule has 0 fully saturated rings. The van der Waals surface area contributed by atoms with E-state index >= 15 is 0 Å². The molecule has 87 heavy (non-hydrogen) atoms. The quantitative estimate of drug-likeness (QED) is 0.0207. The SMILES string of the molecule is C=C(C)C(=O)OCC(C)OC(=O)C(=C)C.C=C(C)C(=O)OCCOC(=O)C(=C)C.C=CC(=O)O.C=CC(=O)O.C=CC(=O)O.C=CC(=O)OCC(C)OC(=O)C=C.C=CC(=O)OCCOC(=O)C=C.CCC(CO)(CO)CO.CCC(CO)(CO)CO. The lowest BCUT2D eigenvalue weighted by molar-refractivity contribution is -0.152. The van der Waals surface area contributed by atoms with Crippen molar-refractivity contribution in [3.8, 4) is 0 Å². The van der Waals surface area contributed by atoms with Crippen LogP contribution in [0.5, 0.6) is 0 Å². The van der Waals surface area contributed by atoms with Crippen LogP contribution in [0.1, 0.15) is 68.2 Å². The molecule has 0 aliphatic carbocycles. The lowest BCUT2D eigenvalue weighted by atomic mass is 9.88. The standard InChI is InChI=1S/C11H16O4.C10H14O4.C9H12O4.C8H10O4.2C6H14O3.3C3H4O2/c1-7(2)10(12)14-6-9(5)15-11(13)8(3)4;1-7(2)9(11)13-5-6-14-10(12)8(3)4;1-4-8(10)12-6-7(3)13-9(11)5-2;1-3-7(9)11-5-6-12-8(10)4-2;2*1-2-6(3-7,4-8)5-9;3*1-2-3(4)5/h9H,1,3,6H2,2,4-5H3;1,3,5-6H2,2,4H3;4-5,7H,1-2,6H2,3H3;3-4H,1-2,5-6H2;2*7-9H,2-5H2,1H3;3*2H,1H2,(H,4,5). The highest BCUT2D eigenvalue weighted by molar-refractivity contribution is 5.89. The highest BCUT2D eigenvalue weighted by Crippen LogP contribution is 2.19. The highest BCUT2D eigenvalue weighted by Gasteiger charge is 2.26. The van der Waals surface area contributed by atoms with Gasteiger partial charge in [-0.05, 0) is 54.4 Å². The molecule has 0 heterocycles. The second-order valence-electron chi connectivity index (χ2n) is 16.5. The predicted octanol–water partition coefficient (Wildman–Crippen LogP) is 3.61. The molecule has 0 bridgehead atoms. The molecule has 0 amide bonds. The number of aliphatic hydroxyl groups is 6. The topological polar surface area (TPSA) is 444 Å². The molecule has 28 nitrogen and oxygen atoms in total. The molecule has 0 aliphatic rings. The largest absolute Gasteiger partial charge is 0.478 e. The second-order valence-corrected chi connectivity index (χ2v) is 16.5. The number of rotatable bonds is 31. The van der Waals surface area contributed by atoms with Crippen molar-refractivity contribution in [1.82, 2.24) is 0 Å². The molecule has 2 unspecified atom stereocenters. The molecule has 0 rings (SSSR count). The molecule has 0 aliphatic heterocycles. The number of esters is 8. The minimum atomic E-state index is -0.981. The summed E-state index contributed by atoms with van der Waals surface area (Å²) in [5.74, 6) is -7.06. The molecular weight excluding hydrogens is 1160 g/mol. The van der Waals surface area contributed by atoms with Crippen molar-refractivity contribution in [2.75, 3.05) is 79.3 Å². The Morgan fingerprint density at radius 2 is 0.575 bits per heavy atom. The first-order valence-electron chi connectivity index (χ1n) is 25.2. The maximum absolute atomic E-state index is 11.1. The fourth-order valence-corrected chi connectivity index (χ4v) is 3.06. The van der Waals surface area contributed by atoms with Crippen LogP contribution in [0, 0.1) is 10.8 Å². The van der Waals surface area contributed by atoms with E-state index < -0.39 is 88.7 Å². The third-order valence-corrected chi connectivity index (χ3v) is 8.75. The monoisotopic (exact) mass is 1250 g/mol. The van der Waals surface area contributed by atoms with Gasteiger partial charge < -0.3 is 83.9 Å². The minimum absolute atomic E-state index is 0.0183. The lowest BCUT2D eigenvalue weighted by Crippen LogP contribution is -2.32. The summed E-state index contributed by atoms with van der Waals surface area (Å²) in [7, 11) is 0. The van der Waals surface area contributed by atoms with Gasteiger partial charge in [0.1, 0.15) is 51.8 Å². The van der Waals surface area contributed by atoms with Gasteiger partial charge in [-0.2, -0.15) is 0 Å². The first-order valence-corrected chi connectivity index (χ1v) is 25.2. The molecule has 0 spiro atoms. The molecule has 496 valence electrons. The Hall–Kier alpha value is -8.93. The van der Waals surface area contributed by atoms with E-state index in [1.807, 2.05) is 13.8 Å². The Balaban J connectivity index is -0.000000115. The zero-order valence-electron chi connectivity index (χ0n) is 51.2. The van der Waals surface area contributed by atoms with E-state index in [0.717, 1.165) is 42.5 Å². The predicted molar refractivity (Wildman–Crippen MR) is 318 cm³/mol. The maximum atomic E-state index is 11.1. The summed E-state index contributed by atoms with van der Waals surface area (Å²) in [6, 6.07) is 0. The number of carboxylic acid groups (broad SMARTS) is 3. The summed E-state index contributed by atoms with van der Waals surface area (Å²) in [6.07, 6.45) is 6.89. The van der Waals surface area contributed by atoms with E-state index in [-0.39, 0.29) is 79.3 Å². The number of aliphatic hydroxyl groups excluding tert-OH is 6. The number of hydrogen-bond acceptors (Lipinski definition) is 25. The summed E-state index contributed by atoms with van der Waals surface area (Å²) in [4.78, 5) is 114. The molecule has 0 aromatic heterocycles. The molecule has 28 heteroatoms. The summed E-state index contributed by atoms with van der Waals surface area (Å²) in [5, 5.41) is 74.8. The van der Waals surface area contributed by atoms with Crippen molar-refractivity contribution >= 4 is 65.7 Å². The lowest BCUT2D eigenvalue weighted by Gasteiger charge is -2.24. The zero-order valence-corrected chi connectivity index (χ0v) is 51.2. The Bertz CT molecular complexity index is 2030.